The van der Waals surface area contributed by atoms with Crippen LogP contribution in [0.3, 0.4) is 0 Å². The number of allylic oxidation sites excluding steroid dienone is 2. The van der Waals surface area contributed by atoms with Gasteiger partial charge in [-0.15, -0.1) is 0 Å². The van der Waals surface area contributed by atoms with Crippen LogP contribution in [-0.2, 0) is 20.4 Å². The molecule has 1 aliphatic carbocycles. The van der Waals surface area contributed by atoms with Crippen LogP contribution in [0.4, 0.5) is 0 Å². The van der Waals surface area contributed by atoms with Crippen molar-refractivity contribution in [3.63, 3.8) is 0 Å². The molecule has 0 aliphatic heterocycles. The molecule has 0 bridgehead atoms. The summed E-state index contributed by atoms with van der Waals surface area (Å²) in [6.07, 6.45) is 3.88. The number of ketones is 1. The van der Waals surface area contributed by atoms with Gasteiger partial charge in [0.1, 0.15) is 0 Å². The zero-order valence-electron chi connectivity index (χ0n) is 13.7. The Hall–Kier alpha value is -2.20. The van der Waals surface area contributed by atoms with Crippen molar-refractivity contribution in [1.29, 1.82) is 0 Å². The first-order chi connectivity index (χ1) is 11.5. The van der Waals surface area contributed by atoms with Crippen LogP contribution in [-0.4, -0.2) is 14.2 Å². The monoisotopic (exact) mass is 340 g/mol. The van der Waals surface area contributed by atoms with E-state index in [2.05, 4.69) is 0 Å². The summed E-state index contributed by atoms with van der Waals surface area (Å²) in [6.45, 7) is 1.93. The molecule has 0 unspecified atom stereocenters. The van der Waals surface area contributed by atoms with Gasteiger partial charge in [-0.1, -0.05) is 42.0 Å². The third-order valence-corrected chi connectivity index (χ3v) is 5.97. The highest BCUT2D eigenvalue weighted by atomic mass is 32.2. The number of carbonyl (C=O) groups excluding carboxylic acids is 1. The molecular formula is C20H20O3S. The van der Waals surface area contributed by atoms with Gasteiger partial charge in [0.25, 0.3) is 0 Å². The highest BCUT2D eigenvalue weighted by molar-refractivity contribution is 7.90. The zero-order valence-corrected chi connectivity index (χ0v) is 14.5. The summed E-state index contributed by atoms with van der Waals surface area (Å²) in [7, 11) is -3.42. The van der Waals surface area contributed by atoms with Gasteiger partial charge < -0.3 is 0 Å². The van der Waals surface area contributed by atoms with Gasteiger partial charge in [0.05, 0.1) is 10.6 Å². The Kier molecular flexibility index (Phi) is 4.67. The summed E-state index contributed by atoms with van der Waals surface area (Å²) >= 11 is 0. The molecule has 0 amide bonds. The zero-order chi connectivity index (χ0) is 17.2. The quantitative estimate of drug-likeness (QED) is 0.842. The van der Waals surface area contributed by atoms with Gasteiger partial charge in [-0.25, -0.2) is 8.42 Å². The molecule has 3 rings (SSSR count). The molecule has 1 aliphatic rings. The Morgan fingerprint density at radius 2 is 1.67 bits per heavy atom. The molecule has 0 fully saturated rings. The summed E-state index contributed by atoms with van der Waals surface area (Å²) in [4.78, 5) is 12.0. The minimum absolute atomic E-state index is 0.0578. The number of hydrogen-bond donors (Lipinski definition) is 0. The molecule has 0 saturated carbocycles. The predicted molar refractivity (Wildman–Crippen MR) is 95.3 cm³/mol. The summed E-state index contributed by atoms with van der Waals surface area (Å²) in [5.41, 5.74) is 3.60. The Morgan fingerprint density at radius 1 is 0.958 bits per heavy atom. The van der Waals surface area contributed by atoms with Crippen molar-refractivity contribution in [2.45, 2.75) is 36.8 Å². The second-order valence-electron chi connectivity index (χ2n) is 6.22. The Labute approximate surface area is 142 Å². The molecule has 0 heterocycles. The lowest BCUT2D eigenvalue weighted by molar-refractivity contribution is -0.114. The minimum atomic E-state index is -3.42. The average molecular weight is 340 g/mol. The number of carbonyl (C=O) groups is 1. The molecule has 0 saturated heterocycles. The largest absolute Gasteiger partial charge is 0.295 e. The van der Waals surface area contributed by atoms with Crippen LogP contribution in [0, 0.1) is 6.92 Å². The molecule has 0 aromatic heterocycles. The van der Waals surface area contributed by atoms with Crippen LogP contribution in [0.2, 0.25) is 0 Å². The van der Waals surface area contributed by atoms with E-state index in [1.54, 1.807) is 30.3 Å². The van der Waals surface area contributed by atoms with E-state index >= 15 is 0 Å². The number of rotatable bonds is 4. The van der Waals surface area contributed by atoms with E-state index in [9.17, 15) is 13.2 Å². The van der Waals surface area contributed by atoms with E-state index in [0.717, 1.165) is 35.1 Å². The van der Waals surface area contributed by atoms with Crippen molar-refractivity contribution in [2.24, 2.45) is 0 Å². The first kappa shape index (κ1) is 16.7. The predicted octanol–water partition coefficient (Wildman–Crippen LogP) is 4.11. The summed E-state index contributed by atoms with van der Waals surface area (Å²) in [5.74, 6) is 0.0602. The molecule has 24 heavy (non-hydrogen) atoms. The molecule has 0 radical (unpaired) electrons. The number of hydrogen-bond acceptors (Lipinski definition) is 3. The molecular weight excluding hydrogens is 320 g/mol. The number of aryl methyl sites for hydroxylation is 1. The van der Waals surface area contributed by atoms with Crippen LogP contribution in [0.15, 0.2) is 59.5 Å². The van der Waals surface area contributed by atoms with E-state index in [-0.39, 0.29) is 11.5 Å². The maximum absolute atomic E-state index is 12.7. The first-order valence-corrected chi connectivity index (χ1v) is 9.72. The SMILES string of the molecule is Cc1ccc(S(=O)(=O)Cc2ccccc2C2=CC(=O)CCC2)cc1. The van der Waals surface area contributed by atoms with Crippen LogP contribution < -0.4 is 0 Å². The highest BCUT2D eigenvalue weighted by Gasteiger charge is 2.20. The lowest BCUT2D eigenvalue weighted by Crippen LogP contribution is -2.09. The molecule has 3 nitrogen and oxygen atoms in total. The van der Waals surface area contributed by atoms with Crippen molar-refractivity contribution >= 4 is 21.2 Å². The van der Waals surface area contributed by atoms with Crippen LogP contribution in [0.5, 0.6) is 0 Å². The molecule has 124 valence electrons. The van der Waals surface area contributed by atoms with Gasteiger partial charge in [-0.2, -0.15) is 0 Å². The van der Waals surface area contributed by atoms with Crippen molar-refractivity contribution in [3.05, 3.63) is 71.3 Å². The molecule has 2 aromatic carbocycles. The third-order valence-electron chi connectivity index (χ3n) is 4.29. The summed E-state index contributed by atoms with van der Waals surface area (Å²) in [5, 5.41) is 0. The van der Waals surface area contributed by atoms with E-state index in [1.807, 2.05) is 31.2 Å². The fraction of sp³-hybridized carbons (Fsp3) is 0.250. The van der Waals surface area contributed by atoms with Crippen molar-refractivity contribution in [3.8, 4) is 0 Å². The Bertz CT molecular complexity index is 891. The van der Waals surface area contributed by atoms with E-state index in [1.165, 1.54) is 0 Å². The second-order valence-corrected chi connectivity index (χ2v) is 8.21. The van der Waals surface area contributed by atoms with Gasteiger partial charge in [0.2, 0.25) is 0 Å². The number of benzene rings is 2. The van der Waals surface area contributed by atoms with Crippen LogP contribution >= 0.6 is 0 Å². The van der Waals surface area contributed by atoms with E-state index < -0.39 is 9.84 Å². The normalized spacial score (nSPS) is 15.2. The Morgan fingerprint density at radius 3 is 2.38 bits per heavy atom. The minimum Gasteiger partial charge on any atom is -0.295 e. The van der Waals surface area contributed by atoms with Gasteiger partial charge in [0, 0.05) is 6.42 Å². The number of sulfone groups is 1. The maximum atomic E-state index is 12.7. The van der Waals surface area contributed by atoms with Gasteiger partial charge in [-0.05, 0) is 54.7 Å². The molecule has 0 atom stereocenters. The molecule has 0 N–H and O–H groups in total. The van der Waals surface area contributed by atoms with E-state index in [0.29, 0.717) is 11.3 Å². The summed E-state index contributed by atoms with van der Waals surface area (Å²) in [6, 6.07) is 14.4. The van der Waals surface area contributed by atoms with Crippen molar-refractivity contribution in [1.82, 2.24) is 0 Å². The molecule has 0 spiro atoms. The highest BCUT2D eigenvalue weighted by Crippen LogP contribution is 2.29. The van der Waals surface area contributed by atoms with E-state index in [4.69, 9.17) is 0 Å². The first-order valence-electron chi connectivity index (χ1n) is 8.07. The fourth-order valence-corrected chi connectivity index (χ4v) is 4.38. The maximum Gasteiger partial charge on any atom is 0.182 e. The third kappa shape index (κ3) is 3.65. The van der Waals surface area contributed by atoms with Crippen molar-refractivity contribution in [2.75, 3.05) is 0 Å². The fourth-order valence-electron chi connectivity index (χ4n) is 3.00. The lowest BCUT2D eigenvalue weighted by atomic mass is 9.91. The average Bonchev–Trinajstić information content (AvgIpc) is 2.55. The van der Waals surface area contributed by atoms with Gasteiger partial charge >= 0.3 is 0 Å². The lowest BCUT2D eigenvalue weighted by Gasteiger charge is -2.16. The van der Waals surface area contributed by atoms with Gasteiger partial charge in [0.15, 0.2) is 15.6 Å². The van der Waals surface area contributed by atoms with Crippen LogP contribution in [0.25, 0.3) is 5.57 Å². The molecule has 4 heteroatoms. The molecule has 2 aromatic rings. The standard InChI is InChI=1S/C20H20O3S/c1-15-9-11-19(12-10-15)24(22,23)14-17-5-2-3-8-20(17)16-6-4-7-18(21)13-16/h2-3,5,8-13H,4,6-7,14H2,1H3. The second kappa shape index (κ2) is 6.73. The topological polar surface area (TPSA) is 51.2 Å². The Balaban J connectivity index is 1.96. The van der Waals surface area contributed by atoms with Gasteiger partial charge in [-0.3, -0.25) is 4.79 Å². The summed E-state index contributed by atoms with van der Waals surface area (Å²) < 4.78 is 25.5. The van der Waals surface area contributed by atoms with Crippen LogP contribution in [0.1, 0.15) is 36.0 Å². The smallest absolute Gasteiger partial charge is 0.182 e. The van der Waals surface area contributed by atoms with Crippen molar-refractivity contribution < 1.29 is 13.2 Å².